The molecule has 0 bridgehead atoms. The number of hydrogen-bond donors (Lipinski definition) is 1. The SMILES string of the molecule is CNCC(C)C(C)c1cccc(Br)c1F. The Morgan fingerprint density at radius 3 is 2.67 bits per heavy atom. The van der Waals surface area contributed by atoms with E-state index in [-0.39, 0.29) is 11.7 Å². The molecule has 0 aliphatic rings. The van der Waals surface area contributed by atoms with Gasteiger partial charge in [-0.05, 0) is 53.0 Å². The standard InChI is InChI=1S/C12H17BrFN/c1-8(7-15-3)9(2)10-5-4-6-11(13)12(10)14/h4-6,8-9,15H,7H2,1-3H3. The molecule has 1 nitrogen and oxygen atoms in total. The van der Waals surface area contributed by atoms with Gasteiger partial charge >= 0.3 is 0 Å². The Hall–Kier alpha value is -0.410. The zero-order chi connectivity index (χ0) is 11.4. The van der Waals surface area contributed by atoms with Crippen LogP contribution in [0.2, 0.25) is 0 Å². The summed E-state index contributed by atoms with van der Waals surface area (Å²) in [6.07, 6.45) is 0. The molecule has 1 aromatic rings. The zero-order valence-electron chi connectivity index (χ0n) is 9.35. The molecule has 2 unspecified atom stereocenters. The van der Waals surface area contributed by atoms with Crippen LogP contribution in [0.15, 0.2) is 22.7 Å². The summed E-state index contributed by atoms with van der Waals surface area (Å²) in [6, 6.07) is 5.47. The van der Waals surface area contributed by atoms with E-state index in [0.29, 0.717) is 10.4 Å². The van der Waals surface area contributed by atoms with E-state index in [1.165, 1.54) is 0 Å². The van der Waals surface area contributed by atoms with Gasteiger partial charge in [0.15, 0.2) is 0 Å². The van der Waals surface area contributed by atoms with Crippen LogP contribution in [-0.2, 0) is 0 Å². The van der Waals surface area contributed by atoms with Crippen molar-refractivity contribution in [1.82, 2.24) is 5.32 Å². The fraction of sp³-hybridized carbons (Fsp3) is 0.500. The third-order valence-corrected chi connectivity index (χ3v) is 3.46. The van der Waals surface area contributed by atoms with E-state index in [1.54, 1.807) is 6.07 Å². The van der Waals surface area contributed by atoms with Crippen LogP contribution >= 0.6 is 15.9 Å². The molecule has 0 spiro atoms. The molecule has 1 rings (SSSR count). The predicted molar refractivity (Wildman–Crippen MR) is 65.6 cm³/mol. The maximum Gasteiger partial charge on any atom is 0.140 e. The molecule has 3 heteroatoms. The van der Waals surface area contributed by atoms with Crippen LogP contribution in [0.5, 0.6) is 0 Å². The van der Waals surface area contributed by atoms with E-state index >= 15 is 0 Å². The number of hydrogen-bond acceptors (Lipinski definition) is 1. The molecular formula is C12H17BrFN. The van der Waals surface area contributed by atoms with Gasteiger partial charge in [-0.25, -0.2) is 4.39 Å². The van der Waals surface area contributed by atoms with Gasteiger partial charge in [-0.15, -0.1) is 0 Å². The van der Waals surface area contributed by atoms with Crippen molar-refractivity contribution >= 4 is 15.9 Å². The van der Waals surface area contributed by atoms with E-state index in [4.69, 9.17) is 0 Å². The zero-order valence-corrected chi connectivity index (χ0v) is 10.9. The van der Waals surface area contributed by atoms with Crippen LogP contribution in [0.1, 0.15) is 25.3 Å². The van der Waals surface area contributed by atoms with E-state index in [1.807, 2.05) is 19.2 Å². The highest BCUT2D eigenvalue weighted by molar-refractivity contribution is 9.10. The molecule has 0 aromatic heterocycles. The third-order valence-electron chi connectivity index (χ3n) is 2.85. The highest BCUT2D eigenvalue weighted by Gasteiger charge is 2.18. The number of nitrogens with one attached hydrogen (secondary N) is 1. The second kappa shape index (κ2) is 5.61. The topological polar surface area (TPSA) is 12.0 Å². The molecule has 0 amide bonds. The summed E-state index contributed by atoms with van der Waals surface area (Å²) >= 11 is 3.21. The summed E-state index contributed by atoms with van der Waals surface area (Å²) in [5, 5.41) is 3.12. The van der Waals surface area contributed by atoms with Crippen LogP contribution in [-0.4, -0.2) is 13.6 Å². The Balaban J connectivity index is 2.90. The van der Waals surface area contributed by atoms with Gasteiger partial charge < -0.3 is 5.32 Å². The second-order valence-corrected chi connectivity index (χ2v) is 4.82. The summed E-state index contributed by atoms with van der Waals surface area (Å²) in [6.45, 7) is 5.08. The second-order valence-electron chi connectivity index (χ2n) is 3.97. The van der Waals surface area contributed by atoms with Gasteiger partial charge in [-0.2, -0.15) is 0 Å². The van der Waals surface area contributed by atoms with Crippen molar-refractivity contribution in [3.05, 3.63) is 34.1 Å². The molecule has 0 saturated carbocycles. The van der Waals surface area contributed by atoms with Crippen molar-refractivity contribution in [3.8, 4) is 0 Å². The van der Waals surface area contributed by atoms with Crippen molar-refractivity contribution in [3.63, 3.8) is 0 Å². The first-order valence-electron chi connectivity index (χ1n) is 5.16. The molecule has 0 aliphatic heterocycles. The summed E-state index contributed by atoms with van der Waals surface area (Å²) < 4.78 is 14.3. The van der Waals surface area contributed by atoms with Gasteiger partial charge in [-0.1, -0.05) is 26.0 Å². The summed E-state index contributed by atoms with van der Waals surface area (Å²) in [7, 11) is 1.92. The van der Waals surface area contributed by atoms with Crippen LogP contribution in [0.25, 0.3) is 0 Å². The van der Waals surface area contributed by atoms with E-state index in [2.05, 4.69) is 35.1 Å². The van der Waals surface area contributed by atoms with E-state index in [0.717, 1.165) is 12.1 Å². The molecule has 0 radical (unpaired) electrons. The minimum Gasteiger partial charge on any atom is -0.319 e. The Morgan fingerprint density at radius 1 is 1.40 bits per heavy atom. The quantitative estimate of drug-likeness (QED) is 0.885. The molecule has 84 valence electrons. The number of benzene rings is 1. The largest absolute Gasteiger partial charge is 0.319 e. The van der Waals surface area contributed by atoms with Crippen molar-refractivity contribution in [1.29, 1.82) is 0 Å². The maximum atomic E-state index is 13.8. The smallest absolute Gasteiger partial charge is 0.140 e. The Kier molecular flexibility index (Phi) is 4.74. The summed E-state index contributed by atoms with van der Waals surface area (Å²) in [4.78, 5) is 0. The lowest BCUT2D eigenvalue weighted by Gasteiger charge is -2.20. The molecule has 0 heterocycles. The Labute approximate surface area is 99.2 Å². The minimum atomic E-state index is -0.132. The molecule has 0 saturated heterocycles. The van der Waals surface area contributed by atoms with E-state index < -0.39 is 0 Å². The van der Waals surface area contributed by atoms with Gasteiger partial charge in [0, 0.05) is 0 Å². The first kappa shape index (κ1) is 12.7. The summed E-state index contributed by atoms with van der Waals surface area (Å²) in [5.74, 6) is 0.502. The molecule has 15 heavy (non-hydrogen) atoms. The van der Waals surface area contributed by atoms with Crippen molar-refractivity contribution in [2.45, 2.75) is 19.8 Å². The van der Waals surface area contributed by atoms with Gasteiger partial charge in [0.1, 0.15) is 5.82 Å². The minimum absolute atomic E-state index is 0.132. The predicted octanol–water partition coefficient (Wildman–Crippen LogP) is 3.55. The van der Waals surface area contributed by atoms with Crippen molar-refractivity contribution in [2.75, 3.05) is 13.6 Å². The molecule has 2 atom stereocenters. The first-order chi connectivity index (χ1) is 7.07. The van der Waals surface area contributed by atoms with Crippen LogP contribution in [0.4, 0.5) is 4.39 Å². The lowest BCUT2D eigenvalue weighted by atomic mass is 9.88. The Morgan fingerprint density at radius 2 is 2.07 bits per heavy atom. The lowest BCUT2D eigenvalue weighted by molar-refractivity contribution is 0.448. The molecule has 1 N–H and O–H groups in total. The van der Waals surface area contributed by atoms with Gasteiger partial charge in [-0.3, -0.25) is 0 Å². The van der Waals surface area contributed by atoms with Crippen molar-refractivity contribution in [2.24, 2.45) is 5.92 Å². The normalized spacial score (nSPS) is 15.0. The third kappa shape index (κ3) is 3.02. The monoisotopic (exact) mass is 273 g/mol. The highest BCUT2D eigenvalue weighted by atomic mass is 79.9. The molecule has 0 aliphatic carbocycles. The average molecular weight is 274 g/mol. The number of halogens is 2. The van der Waals surface area contributed by atoms with Gasteiger partial charge in [0.25, 0.3) is 0 Å². The highest BCUT2D eigenvalue weighted by Crippen LogP contribution is 2.29. The fourth-order valence-electron chi connectivity index (χ4n) is 1.68. The van der Waals surface area contributed by atoms with Crippen LogP contribution in [0, 0.1) is 11.7 Å². The van der Waals surface area contributed by atoms with Gasteiger partial charge in [0.05, 0.1) is 4.47 Å². The number of rotatable bonds is 4. The van der Waals surface area contributed by atoms with Crippen LogP contribution < -0.4 is 5.32 Å². The molecule has 1 aromatic carbocycles. The lowest BCUT2D eigenvalue weighted by Crippen LogP contribution is -2.21. The molecule has 0 fully saturated rings. The maximum absolute atomic E-state index is 13.8. The Bertz CT molecular complexity index is 327. The van der Waals surface area contributed by atoms with Gasteiger partial charge in [0.2, 0.25) is 0 Å². The van der Waals surface area contributed by atoms with E-state index in [9.17, 15) is 4.39 Å². The average Bonchev–Trinajstić information content (AvgIpc) is 2.21. The first-order valence-corrected chi connectivity index (χ1v) is 5.95. The fourth-order valence-corrected chi connectivity index (χ4v) is 2.06. The van der Waals surface area contributed by atoms with Crippen LogP contribution in [0.3, 0.4) is 0 Å². The van der Waals surface area contributed by atoms with Crippen molar-refractivity contribution < 1.29 is 4.39 Å². The summed E-state index contributed by atoms with van der Waals surface area (Å²) in [5.41, 5.74) is 0.784. The molecular weight excluding hydrogens is 257 g/mol.